The molecule has 4 heteroatoms. The van der Waals surface area contributed by atoms with E-state index in [1.54, 1.807) is 0 Å². The molecule has 3 rings (SSSR count). The molecule has 0 radical (unpaired) electrons. The van der Waals surface area contributed by atoms with Crippen LogP contribution in [0.5, 0.6) is 0 Å². The highest BCUT2D eigenvalue weighted by Gasteiger charge is 2.46. The molecule has 1 saturated heterocycles. The zero-order valence-corrected chi connectivity index (χ0v) is 14.7. The van der Waals surface area contributed by atoms with Gasteiger partial charge in [-0.2, -0.15) is 0 Å². The van der Waals surface area contributed by atoms with E-state index >= 15 is 0 Å². The van der Waals surface area contributed by atoms with Gasteiger partial charge >= 0.3 is 0 Å². The van der Waals surface area contributed by atoms with Gasteiger partial charge in [-0.15, -0.1) is 0 Å². The van der Waals surface area contributed by atoms with Crippen LogP contribution >= 0.6 is 11.6 Å². The summed E-state index contributed by atoms with van der Waals surface area (Å²) in [4.78, 5) is 14.8. The average molecular weight is 343 g/mol. The van der Waals surface area contributed by atoms with Crippen molar-refractivity contribution in [1.29, 1.82) is 0 Å². The predicted molar refractivity (Wildman–Crippen MR) is 98.0 cm³/mol. The lowest BCUT2D eigenvalue weighted by molar-refractivity contribution is -0.141. The largest absolute Gasteiger partial charge is 0.354 e. The number of carbonyl (C=O) groups is 1. The number of rotatable bonds is 6. The Bertz CT molecular complexity index is 704. The highest BCUT2D eigenvalue weighted by Crippen LogP contribution is 2.33. The van der Waals surface area contributed by atoms with Crippen molar-refractivity contribution in [3.05, 3.63) is 70.7 Å². The molecule has 0 aliphatic carbocycles. The second-order valence-corrected chi connectivity index (χ2v) is 6.94. The van der Waals surface area contributed by atoms with Crippen molar-refractivity contribution in [2.24, 2.45) is 0 Å². The van der Waals surface area contributed by atoms with Crippen LogP contribution in [0.25, 0.3) is 0 Å². The zero-order chi connectivity index (χ0) is 17.0. The molecule has 126 valence electrons. The number of amides is 1. The van der Waals surface area contributed by atoms with Gasteiger partial charge < -0.3 is 5.32 Å². The molecule has 2 aromatic carbocycles. The Hall–Kier alpha value is -1.84. The smallest absolute Gasteiger partial charge is 0.240 e. The summed E-state index contributed by atoms with van der Waals surface area (Å²) in [6.07, 6.45) is 1.74. The molecule has 0 saturated carbocycles. The van der Waals surface area contributed by atoms with Gasteiger partial charge in [0.15, 0.2) is 0 Å². The van der Waals surface area contributed by atoms with Crippen LogP contribution in [0, 0.1) is 0 Å². The van der Waals surface area contributed by atoms with Crippen molar-refractivity contribution < 1.29 is 4.79 Å². The van der Waals surface area contributed by atoms with Gasteiger partial charge in [0.05, 0.1) is 5.54 Å². The van der Waals surface area contributed by atoms with E-state index in [0.29, 0.717) is 13.1 Å². The molecule has 2 aromatic rings. The van der Waals surface area contributed by atoms with Crippen LogP contribution in [-0.2, 0) is 17.8 Å². The molecule has 1 heterocycles. The van der Waals surface area contributed by atoms with Crippen molar-refractivity contribution in [3.8, 4) is 0 Å². The maximum absolute atomic E-state index is 12.6. The van der Waals surface area contributed by atoms with Crippen LogP contribution in [0.15, 0.2) is 54.6 Å². The zero-order valence-electron chi connectivity index (χ0n) is 14.0. The molecule has 24 heavy (non-hydrogen) atoms. The third-order valence-electron chi connectivity index (χ3n) is 4.92. The van der Waals surface area contributed by atoms with E-state index in [0.717, 1.165) is 30.0 Å². The Morgan fingerprint density at radius 2 is 1.88 bits per heavy atom. The fourth-order valence-electron chi connectivity index (χ4n) is 3.10. The third kappa shape index (κ3) is 3.63. The number of nitrogens with one attached hydrogen (secondary N) is 1. The lowest BCUT2D eigenvalue weighted by Crippen LogP contribution is -2.65. The summed E-state index contributed by atoms with van der Waals surface area (Å²) in [6, 6.07) is 18.1. The normalized spacial score (nSPS) is 20.4. The standard InChI is InChI=1S/C20H23ClN2O/c1-20(19(24)22-13-11-16-7-3-2-4-8-16)12-14-23(20)15-17-9-5-6-10-18(17)21/h2-10H,11-15H2,1H3,(H,22,24). The van der Waals surface area contributed by atoms with Crippen LogP contribution in [0.3, 0.4) is 0 Å². The Morgan fingerprint density at radius 1 is 1.17 bits per heavy atom. The fraction of sp³-hybridized carbons (Fsp3) is 0.350. The van der Waals surface area contributed by atoms with Gasteiger partial charge in [-0.1, -0.05) is 60.1 Å². The van der Waals surface area contributed by atoms with Crippen LogP contribution in [0.2, 0.25) is 5.02 Å². The van der Waals surface area contributed by atoms with E-state index in [2.05, 4.69) is 22.3 Å². The Morgan fingerprint density at radius 3 is 2.54 bits per heavy atom. The van der Waals surface area contributed by atoms with Crippen molar-refractivity contribution >= 4 is 17.5 Å². The van der Waals surface area contributed by atoms with Crippen molar-refractivity contribution in [1.82, 2.24) is 10.2 Å². The van der Waals surface area contributed by atoms with E-state index in [1.807, 2.05) is 49.4 Å². The number of hydrogen-bond donors (Lipinski definition) is 1. The SMILES string of the molecule is CC1(C(=O)NCCc2ccccc2)CCN1Cc1ccccc1Cl. The molecule has 1 amide bonds. The minimum absolute atomic E-state index is 0.108. The predicted octanol–water partition coefficient (Wildman–Crippen LogP) is 3.66. The minimum Gasteiger partial charge on any atom is -0.354 e. The third-order valence-corrected chi connectivity index (χ3v) is 5.29. The van der Waals surface area contributed by atoms with Crippen LogP contribution < -0.4 is 5.32 Å². The second kappa shape index (κ2) is 7.37. The van der Waals surface area contributed by atoms with Crippen LogP contribution in [0.1, 0.15) is 24.5 Å². The number of benzene rings is 2. The summed E-state index contributed by atoms with van der Waals surface area (Å²) < 4.78 is 0. The Kier molecular flexibility index (Phi) is 5.22. The Labute approximate surface area is 148 Å². The number of nitrogens with zero attached hydrogens (tertiary/aromatic N) is 1. The van der Waals surface area contributed by atoms with Crippen molar-refractivity contribution in [2.75, 3.05) is 13.1 Å². The molecule has 1 aliphatic rings. The topological polar surface area (TPSA) is 32.3 Å². The summed E-state index contributed by atoms with van der Waals surface area (Å²) in [5, 5.41) is 3.85. The molecular formula is C20H23ClN2O. The number of hydrogen-bond acceptors (Lipinski definition) is 2. The van der Waals surface area contributed by atoms with Gasteiger partial charge in [0.25, 0.3) is 0 Å². The maximum Gasteiger partial charge on any atom is 0.240 e. The summed E-state index contributed by atoms with van der Waals surface area (Å²) in [5.41, 5.74) is 1.88. The molecule has 1 atom stereocenters. The summed E-state index contributed by atoms with van der Waals surface area (Å²) in [7, 11) is 0. The minimum atomic E-state index is -0.435. The number of halogens is 1. The van der Waals surface area contributed by atoms with Gasteiger partial charge in [0.1, 0.15) is 0 Å². The van der Waals surface area contributed by atoms with Gasteiger partial charge in [0.2, 0.25) is 5.91 Å². The molecule has 0 bridgehead atoms. The maximum atomic E-state index is 12.6. The van der Waals surface area contributed by atoms with E-state index in [9.17, 15) is 4.79 Å². The van der Waals surface area contributed by atoms with Crippen molar-refractivity contribution in [2.45, 2.75) is 31.8 Å². The molecule has 1 fully saturated rings. The van der Waals surface area contributed by atoms with Gasteiger partial charge in [-0.25, -0.2) is 0 Å². The number of carbonyl (C=O) groups excluding carboxylic acids is 1. The first kappa shape index (κ1) is 17.0. The molecular weight excluding hydrogens is 320 g/mol. The van der Waals surface area contributed by atoms with Crippen LogP contribution in [-0.4, -0.2) is 29.4 Å². The van der Waals surface area contributed by atoms with E-state index in [1.165, 1.54) is 5.56 Å². The Balaban J connectivity index is 1.55. The first-order valence-electron chi connectivity index (χ1n) is 8.40. The summed E-state index contributed by atoms with van der Waals surface area (Å²) in [5.74, 6) is 0.108. The highest BCUT2D eigenvalue weighted by molar-refractivity contribution is 6.31. The molecule has 0 spiro atoms. The quantitative estimate of drug-likeness (QED) is 0.868. The molecule has 3 nitrogen and oxygen atoms in total. The monoisotopic (exact) mass is 342 g/mol. The van der Waals surface area contributed by atoms with Gasteiger partial charge in [-0.3, -0.25) is 9.69 Å². The summed E-state index contributed by atoms with van der Waals surface area (Å²) >= 11 is 6.25. The second-order valence-electron chi connectivity index (χ2n) is 6.53. The van der Waals surface area contributed by atoms with Gasteiger partial charge in [-0.05, 0) is 37.0 Å². The average Bonchev–Trinajstić information content (AvgIpc) is 2.60. The lowest BCUT2D eigenvalue weighted by atomic mass is 9.85. The molecule has 1 unspecified atom stereocenters. The summed E-state index contributed by atoms with van der Waals surface area (Å²) in [6.45, 7) is 4.32. The van der Waals surface area contributed by atoms with Crippen LogP contribution in [0.4, 0.5) is 0 Å². The first-order valence-corrected chi connectivity index (χ1v) is 8.78. The first-order chi connectivity index (χ1) is 11.6. The molecule has 0 aromatic heterocycles. The highest BCUT2D eigenvalue weighted by atomic mass is 35.5. The van der Waals surface area contributed by atoms with Crippen molar-refractivity contribution in [3.63, 3.8) is 0 Å². The number of likely N-dealkylation sites (tertiary alicyclic amines) is 1. The molecule has 1 aliphatic heterocycles. The van der Waals surface area contributed by atoms with E-state index < -0.39 is 5.54 Å². The van der Waals surface area contributed by atoms with Gasteiger partial charge in [0, 0.05) is 24.7 Å². The molecule has 1 N–H and O–H groups in total. The fourth-order valence-corrected chi connectivity index (χ4v) is 3.30. The lowest BCUT2D eigenvalue weighted by Gasteiger charge is -2.49. The van der Waals surface area contributed by atoms with E-state index in [4.69, 9.17) is 11.6 Å². The van der Waals surface area contributed by atoms with E-state index in [-0.39, 0.29) is 5.91 Å².